The summed E-state index contributed by atoms with van der Waals surface area (Å²) in [5, 5.41) is 3.39. The molecule has 0 aromatic heterocycles. The Morgan fingerprint density at radius 1 is 1.10 bits per heavy atom. The number of hydrogen-bond acceptors (Lipinski definition) is 5. The van der Waals surface area contributed by atoms with E-state index in [4.69, 9.17) is 16.3 Å². The summed E-state index contributed by atoms with van der Waals surface area (Å²) >= 11 is 6.34. The van der Waals surface area contributed by atoms with Crippen molar-refractivity contribution in [3.8, 4) is 0 Å². The lowest BCUT2D eigenvalue weighted by Crippen LogP contribution is -2.57. The van der Waals surface area contributed by atoms with Crippen LogP contribution in [-0.4, -0.2) is 66.9 Å². The van der Waals surface area contributed by atoms with Crippen molar-refractivity contribution in [2.75, 3.05) is 33.3 Å². The van der Waals surface area contributed by atoms with Crippen molar-refractivity contribution in [2.24, 2.45) is 5.92 Å². The highest BCUT2D eigenvalue weighted by Gasteiger charge is 2.37. The van der Waals surface area contributed by atoms with Crippen LogP contribution in [0.2, 0.25) is 5.02 Å². The largest absolute Gasteiger partial charge is 0.468 e. The lowest BCUT2D eigenvalue weighted by atomic mass is 9.96. The second kappa shape index (κ2) is 10.3. The fourth-order valence-electron chi connectivity index (χ4n) is 4.57. The molecule has 7 nitrogen and oxygen atoms in total. The SMILES string of the molecule is COC(=O)C(c1ccccc1Cl)N1CCN(C(=O)C(NC(C)=O)C2CCCC2)CC1. The number of hydrogen-bond donors (Lipinski definition) is 1. The standard InChI is InChI=1S/C22H30ClN3O4/c1-15(27)24-19(16-7-3-4-8-16)21(28)26-13-11-25(12-14-26)20(22(29)30-2)17-9-5-6-10-18(17)23/h5-6,9-10,16,19-20H,3-4,7-8,11-14H2,1-2H3,(H,24,27). The van der Waals surface area contributed by atoms with E-state index in [0.29, 0.717) is 36.8 Å². The summed E-state index contributed by atoms with van der Waals surface area (Å²) in [5.74, 6) is -0.372. The first-order chi connectivity index (χ1) is 14.4. The van der Waals surface area contributed by atoms with Gasteiger partial charge in [-0.3, -0.25) is 14.5 Å². The highest BCUT2D eigenvalue weighted by molar-refractivity contribution is 6.31. The molecule has 2 unspecified atom stereocenters. The van der Waals surface area contributed by atoms with Crippen LogP contribution in [0.15, 0.2) is 24.3 Å². The molecule has 1 aromatic rings. The van der Waals surface area contributed by atoms with Gasteiger partial charge in [0, 0.05) is 38.1 Å². The first-order valence-electron chi connectivity index (χ1n) is 10.5. The molecule has 30 heavy (non-hydrogen) atoms. The van der Waals surface area contributed by atoms with Crippen molar-refractivity contribution in [2.45, 2.75) is 44.7 Å². The van der Waals surface area contributed by atoms with Crippen molar-refractivity contribution < 1.29 is 19.1 Å². The van der Waals surface area contributed by atoms with Crippen LogP contribution in [0.3, 0.4) is 0 Å². The number of halogens is 1. The summed E-state index contributed by atoms with van der Waals surface area (Å²) < 4.78 is 5.03. The molecule has 2 amide bonds. The van der Waals surface area contributed by atoms with Gasteiger partial charge >= 0.3 is 5.97 Å². The van der Waals surface area contributed by atoms with Gasteiger partial charge in [0.15, 0.2) is 0 Å². The first kappa shape index (κ1) is 22.6. The molecule has 8 heteroatoms. The van der Waals surface area contributed by atoms with E-state index in [9.17, 15) is 14.4 Å². The van der Waals surface area contributed by atoms with Crippen molar-refractivity contribution in [1.82, 2.24) is 15.1 Å². The number of nitrogens with one attached hydrogen (secondary N) is 1. The topological polar surface area (TPSA) is 79.0 Å². The third kappa shape index (κ3) is 5.13. The van der Waals surface area contributed by atoms with Crippen LogP contribution in [0.5, 0.6) is 0 Å². The number of carbonyl (C=O) groups excluding carboxylic acids is 3. The van der Waals surface area contributed by atoms with E-state index in [2.05, 4.69) is 5.32 Å². The van der Waals surface area contributed by atoms with E-state index >= 15 is 0 Å². The summed E-state index contributed by atoms with van der Waals surface area (Å²) in [7, 11) is 1.37. The molecule has 0 spiro atoms. The van der Waals surface area contributed by atoms with E-state index in [1.165, 1.54) is 14.0 Å². The highest BCUT2D eigenvalue weighted by Crippen LogP contribution is 2.31. The molecule has 3 rings (SSSR count). The first-order valence-corrected chi connectivity index (χ1v) is 10.9. The summed E-state index contributed by atoms with van der Waals surface area (Å²) in [6.45, 7) is 3.47. The number of piperazine rings is 1. The predicted molar refractivity (Wildman–Crippen MR) is 114 cm³/mol. The molecule has 2 aliphatic rings. The van der Waals surface area contributed by atoms with Gasteiger partial charge in [-0.15, -0.1) is 0 Å². The van der Waals surface area contributed by atoms with Crippen LogP contribution in [-0.2, 0) is 19.1 Å². The number of nitrogens with zero attached hydrogens (tertiary/aromatic N) is 2. The number of esters is 1. The lowest BCUT2D eigenvalue weighted by Gasteiger charge is -2.40. The Kier molecular flexibility index (Phi) is 7.72. The molecule has 164 valence electrons. The van der Waals surface area contributed by atoms with Crippen LogP contribution >= 0.6 is 11.6 Å². The van der Waals surface area contributed by atoms with Crippen LogP contribution in [0.1, 0.15) is 44.2 Å². The monoisotopic (exact) mass is 435 g/mol. The Labute approximate surface area is 182 Å². The van der Waals surface area contributed by atoms with E-state index in [1.54, 1.807) is 11.0 Å². The Morgan fingerprint density at radius 3 is 2.30 bits per heavy atom. The minimum atomic E-state index is -0.609. The Hall–Kier alpha value is -2.12. The third-order valence-corrected chi connectivity index (χ3v) is 6.46. The summed E-state index contributed by atoms with van der Waals surface area (Å²) in [4.78, 5) is 41.2. The second-order valence-electron chi connectivity index (χ2n) is 8.03. The maximum atomic E-state index is 13.2. The Bertz CT molecular complexity index is 773. The number of amides is 2. The zero-order valence-electron chi connectivity index (χ0n) is 17.6. The van der Waals surface area contributed by atoms with Crippen LogP contribution < -0.4 is 5.32 Å². The van der Waals surface area contributed by atoms with Gasteiger partial charge in [0.25, 0.3) is 0 Å². The molecule has 1 aliphatic carbocycles. The van der Waals surface area contributed by atoms with Gasteiger partial charge in [-0.05, 0) is 30.4 Å². The van der Waals surface area contributed by atoms with Gasteiger partial charge in [-0.2, -0.15) is 0 Å². The molecule has 1 aliphatic heterocycles. The molecule has 1 heterocycles. The molecule has 2 fully saturated rings. The summed E-state index contributed by atoms with van der Waals surface area (Å²) in [6.07, 6.45) is 4.13. The van der Waals surface area contributed by atoms with Crippen molar-refractivity contribution >= 4 is 29.4 Å². The number of rotatable bonds is 6. The van der Waals surface area contributed by atoms with Gasteiger partial charge in [-0.25, -0.2) is 4.79 Å². The molecule has 1 saturated heterocycles. The minimum Gasteiger partial charge on any atom is -0.468 e. The van der Waals surface area contributed by atoms with E-state index in [0.717, 1.165) is 25.7 Å². The van der Waals surface area contributed by atoms with Crippen molar-refractivity contribution in [3.63, 3.8) is 0 Å². The summed E-state index contributed by atoms with van der Waals surface area (Å²) in [6, 6.07) is 6.18. The maximum Gasteiger partial charge on any atom is 0.327 e. The molecule has 0 radical (unpaired) electrons. The van der Waals surface area contributed by atoms with Gasteiger partial charge in [-0.1, -0.05) is 42.6 Å². The lowest BCUT2D eigenvalue weighted by molar-refractivity contribution is -0.149. The van der Waals surface area contributed by atoms with E-state index < -0.39 is 12.1 Å². The molecule has 0 bridgehead atoms. The van der Waals surface area contributed by atoms with Crippen molar-refractivity contribution in [3.05, 3.63) is 34.9 Å². The molecular formula is C22H30ClN3O4. The molecular weight excluding hydrogens is 406 g/mol. The second-order valence-corrected chi connectivity index (χ2v) is 8.44. The number of benzene rings is 1. The molecule has 2 atom stereocenters. The smallest absolute Gasteiger partial charge is 0.327 e. The molecule has 1 N–H and O–H groups in total. The van der Waals surface area contributed by atoms with Crippen LogP contribution in [0.25, 0.3) is 0 Å². The normalized spacial score (nSPS) is 19.9. The van der Waals surface area contributed by atoms with Gasteiger partial charge < -0.3 is 15.0 Å². The van der Waals surface area contributed by atoms with E-state index in [-0.39, 0.29) is 23.7 Å². The van der Waals surface area contributed by atoms with Gasteiger partial charge in [0.2, 0.25) is 11.8 Å². The fraction of sp³-hybridized carbons (Fsp3) is 0.591. The third-order valence-electron chi connectivity index (χ3n) is 6.11. The molecule has 1 saturated carbocycles. The Balaban J connectivity index is 1.70. The highest BCUT2D eigenvalue weighted by atomic mass is 35.5. The number of methoxy groups -OCH3 is 1. The zero-order valence-corrected chi connectivity index (χ0v) is 18.4. The average molecular weight is 436 g/mol. The quantitative estimate of drug-likeness (QED) is 0.694. The fourth-order valence-corrected chi connectivity index (χ4v) is 4.81. The summed E-state index contributed by atoms with van der Waals surface area (Å²) in [5.41, 5.74) is 0.702. The maximum absolute atomic E-state index is 13.2. The zero-order chi connectivity index (χ0) is 21.7. The van der Waals surface area contributed by atoms with E-state index in [1.807, 2.05) is 23.1 Å². The van der Waals surface area contributed by atoms with Crippen LogP contribution in [0.4, 0.5) is 0 Å². The average Bonchev–Trinajstić information content (AvgIpc) is 3.28. The predicted octanol–water partition coefficient (Wildman–Crippen LogP) is 2.39. The van der Waals surface area contributed by atoms with Gasteiger partial charge in [0.1, 0.15) is 12.1 Å². The Morgan fingerprint density at radius 2 is 1.73 bits per heavy atom. The van der Waals surface area contributed by atoms with Crippen molar-refractivity contribution in [1.29, 1.82) is 0 Å². The minimum absolute atomic E-state index is 0.0240. The number of ether oxygens (including phenoxy) is 1. The molecule has 1 aromatic carbocycles. The van der Waals surface area contributed by atoms with Gasteiger partial charge in [0.05, 0.1) is 7.11 Å². The van der Waals surface area contributed by atoms with Crippen LogP contribution in [0, 0.1) is 5.92 Å². The number of carbonyl (C=O) groups is 3.